The first-order valence-electron chi connectivity index (χ1n) is 17.0. The van der Waals surface area contributed by atoms with Gasteiger partial charge in [-0.2, -0.15) is 0 Å². The smallest absolute Gasteiger partial charge is 0.250 e. The molecule has 0 radical (unpaired) electrons. The number of hydrogen-bond acceptors (Lipinski definition) is 4. The summed E-state index contributed by atoms with van der Waals surface area (Å²) in [5.74, 6) is -1.03. The van der Waals surface area contributed by atoms with E-state index >= 15 is 4.79 Å². The number of hydrogen-bond donors (Lipinski definition) is 2. The van der Waals surface area contributed by atoms with Crippen LogP contribution in [0.15, 0.2) is 133 Å². The Morgan fingerprint density at radius 1 is 0.769 bits per heavy atom. The number of nitrogens with one attached hydrogen (secondary N) is 2. The lowest BCUT2D eigenvalue weighted by molar-refractivity contribution is -0.141. The van der Waals surface area contributed by atoms with Crippen LogP contribution >= 0.6 is 46.4 Å². The summed E-state index contributed by atoms with van der Waals surface area (Å²) >= 11 is 26.7. The van der Waals surface area contributed by atoms with Gasteiger partial charge in [0.25, 0.3) is 5.91 Å². The lowest BCUT2D eigenvalue weighted by Gasteiger charge is -2.50. The quantitative estimate of drug-likeness (QED) is 0.169. The van der Waals surface area contributed by atoms with Crippen LogP contribution in [0.1, 0.15) is 33.7 Å². The fraction of sp³-hybridized carbons (Fsp3) is 0.163. The number of para-hydroxylation sites is 1. The zero-order valence-electron chi connectivity index (χ0n) is 27.8. The second-order valence-corrected chi connectivity index (χ2v) is 15.3. The molecule has 1 unspecified atom stereocenters. The maximum absolute atomic E-state index is 16.0. The van der Waals surface area contributed by atoms with Crippen LogP contribution in [-0.2, 0) is 21.5 Å². The summed E-state index contributed by atoms with van der Waals surface area (Å²) in [5, 5.41) is 8.82. The molecule has 2 spiro atoms. The maximum atomic E-state index is 16.0. The van der Waals surface area contributed by atoms with Crippen LogP contribution in [0.25, 0.3) is 12.2 Å². The Kier molecular flexibility index (Phi) is 9.27. The third-order valence-electron chi connectivity index (χ3n) is 10.6. The Morgan fingerprint density at radius 3 is 2.17 bits per heavy atom. The van der Waals surface area contributed by atoms with Gasteiger partial charge in [-0.25, -0.2) is 0 Å². The first-order valence-corrected chi connectivity index (χ1v) is 18.6. The number of benzene rings is 5. The van der Waals surface area contributed by atoms with Crippen LogP contribution in [0.5, 0.6) is 0 Å². The summed E-state index contributed by atoms with van der Waals surface area (Å²) in [6.45, 7) is 0.497. The predicted octanol–water partition coefficient (Wildman–Crippen LogP) is 10.1. The summed E-state index contributed by atoms with van der Waals surface area (Å²) in [6.07, 6.45) is 6.40. The van der Waals surface area contributed by atoms with Crippen LogP contribution in [0.2, 0.25) is 20.1 Å². The summed E-state index contributed by atoms with van der Waals surface area (Å²) < 4.78 is 0. The zero-order chi connectivity index (χ0) is 36.0. The number of amides is 1. The van der Waals surface area contributed by atoms with Gasteiger partial charge in [-0.05, 0) is 77.4 Å². The molecule has 1 amide bonds. The van der Waals surface area contributed by atoms with Crippen LogP contribution < -0.4 is 10.6 Å². The normalized spacial score (nSPS) is 24.7. The Hall–Kier alpha value is -4.36. The fourth-order valence-corrected chi connectivity index (χ4v) is 9.50. The summed E-state index contributed by atoms with van der Waals surface area (Å²) in [7, 11) is 0. The molecule has 4 atom stereocenters. The number of likely N-dealkylation sites (tertiary alicyclic amines) is 1. The second kappa shape index (κ2) is 13.9. The van der Waals surface area contributed by atoms with E-state index in [1.165, 1.54) is 0 Å². The minimum Gasteiger partial charge on any atom is -0.372 e. The molecule has 52 heavy (non-hydrogen) atoms. The van der Waals surface area contributed by atoms with E-state index in [0.717, 1.165) is 22.3 Å². The molecule has 2 fully saturated rings. The molecule has 9 heteroatoms. The standard InChI is InChI=1S/C43H33Cl4N3O2/c44-31-16-15-29(35(46)23-31)22-30-25-50(20-19-27-9-3-1-4-10-27)26-42(40(30)51)39(33-18-17-32(45)24-36(33)47)38(21-28-11-5-2-6-12-28)49-43(42)34-13-7-8-14-37(34)48-41(43)52/h1-20,22-24,38-39,49H,21,25-26H2,(H,48,52)/b20-19+,30-22+/t38-,39-,42-,43?/m1/s1. The number of rotatable bonds is 6. The molecule has 3 aliphatic heterocycles. The van der Waals surface area contributed by atoms with Crippen molar-refractivity contribution in [3.63, 3.8) is 0 Å². The molecule has 5 nitrogen and oxygen atoms in total. The van der Waals surface area contributed by atoms with Crippen LogP contribution in [0, 0.1) is 5.41 Å². The number of carbonyl (C=O) groups excluding carboxylic acids is 2. The highest BCUT2D eigenvalue weighted by atomic mass is 35.5. The molecule has 2 saturated heterocycles. The van der Waals surface area contributed by atoms with Crippen molar-refractivity contribution in [2.24, 2.45) is 5.41 Å². The molecule has 5 aromatic carbocycles. The number of fused-ring (bicyclic) bond motifs is 3. The van der Waals surface area contributed by atoms with Crippen molar-refractivity contribution in [2.45, 2.75) is 23.9 Å². The monoisotopic (exact) mass is 763 g/mol. The highest BCUT2D eigenvalue weighted by Crippen LogP contribution is 2.63. The molecule has 260 valence electrons. The van der Waals surface area contributed by atoms with E-state index in [2.05, 4.69) is 27.7 Å². The van der Waals surface area contributed by atoms with Crippen molar-refractivity contribution >= 4 is 75.9 Å². The minimum absolute atomic E-state index is 0.159. The van der Waals surface area contributed by atoms with Gasteiger partial charge in [-0.3, -0.25) is 14.9 Å². The maximum Gasteiger partial charge on any atom is 0.250 e. The van der Waals surface area contributed by atoms with Crippen molar-refractivity contribution in [3.05, 3.63) is 181 Å². The van der Waals surface area contributed by atoms with E-state index < -0.39 is 22.9 Å². The van der Waals surface area contributed by atoms with Gasteiger partial charge in [-0.1, -0.05) is 137 Å². The number of halogens is 4. The highest BCUT2D eigenvalue weighted by Gasteiger charge is 2.75. The van der Waals surface area contributed by atoms with Gasteiger partial charge < -0.3 is 10.2 Å². The number of nitrogens with zero attached hydrogens (tertiary/aromatic N) is 1. The highest BCUT2D eigenvalue weighted by molar-refractivity contribution is 6.36. The lowest BCUT2D eigenvalue weighted by Crippen LogP contribution is -2.65. The van der Waals surface area contributed by atoms with Crippen molar-refractivity contribution < 1.29 is 9.59 Å². The second-order valence-electron chi connectivity index (χ2n) is 13.6. The molecular formula is C43H33Cl4N3O2. The molecule has 0 aromatic heterocycles. The Bertz CT molecular complexity index is 2260. The van der Waals surface area contributed by atoms with Gasteiger partial charge in [0.1, 0.15) is 5.54 Å². The van der Waals surface area contributed by atoms with Crippen molar-refractivity contribution in [2.75, 3.05) is 18.4 Å². The van der Waals surface area contributed by atoms with E-state index in [1.807, 2.05) is 103 Å². The van der Waals surface area contributed by atoms with E-state index in [-0.39, 0.29) is 24.8 Å². The fourth-order valence-electron chi connectivity index (χ4n) is 8.52. The zero-order valence-corrected chi connectivity index (χ0v) is 30.9. The lowest BCUT2D eigenvalue weighted by atomic mass is 9.55. The van der Waals surface area contributed by atoms with Gasteiger partial charge in [0.15, 0.2) is 5.78 Å². The Balaban J connectivity index is 1.42. The summed E-state index contributed by atoms with van der Waals surface area (Å²) in [4.78, 5) is 33.0. The average molecular weight is 766 g/mol. The molecule has 0 bridgehead atoms. The molecule has 3 aliphatic rings. The van der Waals surface area contributed by atoms with Crippen LogP contribution in [0.3, 0.4) is 0 Å². The molecule has 5 aromatic rings. The van der Waals surface area contributed by atoms with Crippen LogP contribution in [0.4, 0.5) is 5.69 Å². The molecule has 3 heterocycles. The SMILES string of the molecule is O=C1Nc2ccccc2C12N[C@H](Cc1ccccc1)[C@@H](c1ccc(Cl)cc1Cl)[C@@]21CN(/C=C/c2ccccc2)C/C(=C\c2ccc(Cl)cc2Cl)C1=O. The predicted molar refractivity (Wildman–Crippen MR) is 212 cm³/mol. The number of piperidine rings is 1. The molecular weight excluding hydrogens is 732 g/mol. The summed E-state index contributed by atoms with van der Waals surface area (Å²) in [6, 6.07) is 37.9. The Labute approximate surface area is 322 Å². The molecule has 8 rings (SSSR count). The van der Waals surface area contributed by atoms with Crippen LogP contribution in [-0.4, -0.2) is 35.7 Å². The number of Topliss-reactive ketones (excluding diaryl/α,β-unsaturated/α-hetero) is 1. The largest absolute Gasteiger partial charge is 0.372 e. The van der Waals surface area contributed by atoms with Crippen molar-refractivity contribution in [1.29, 1.82) is 0 Å². The topological polar surface area (TPSA) is 61.4 Å². The van der Waals surface area contributed by atoms with Crippen molar-refractivity contribution in [1.82, 2.24) is 10.2 Å². The summed E-state index contributed by atoms with van der Waals surface area (Å²) in [5.41, 5.74) is 2.44. The van der Waals surface area contributed by atoms with E-state index in [9.17, 15) is 4.79 Å². The molecule has 0 saturated carbocycles. The van der Waals surface area contributed by atoms with E-state index in [1.54, 1.807) is 24.3 Å². The number of ketones is 1. The third-order valence-corrected chi connectivity index (χ3v) is 11.7. The first kappa shape index (κ1) is 34.7. The number of carbonyl (C=O) groups is 2. The van der Waals surface area contributed by atoms with Gasteiger partial charge >= 0.3 is 0 Å². The number of anilines is 1. The minimum atomic E-state index is -1.48. The third kappa shape index (κ3) is 5.85. The van der Waals surface area contributed by atoms with Gasteiger partial charge in [0.05, 0.1) is 5.41 Å². The van der Waals surface area contributed by atoms with E-state index in [4.69, 9.17) is 46.4 Å². The first-order chi connectivity index (χ1) is 25.2. The Morgan fingerprint density at radius 2 is 1.44 bits per heavy atom. The average Bonchev–Trinajstić information content (AvgIpc) is 3.58. The van der Waals surface area contributed by atoms with E-state index in [0.29, 0.717) is 43.3 Å². The van der Waals surface area contributed by atoms with Gasteiger partial charge in [-0.15, -0.1) is 0 Å². The molecule has 0 aliphatic carbocycles. The molecule has 2 N–H and O–H groups in total. The van der Waals surface area contributed by atoms with Crippen molar-refractivity contribution in [3.8, 4) is 0 Å². The van der Waals surface area contributed by atoms with Gasteiger partial charge in [0.2, 0.25) is 0 Å². The van der Waals surface area contributed by atoms with Gasteiger partial charge in [0, 0.05) is 62.0 Å².